The fourth-order valence-corrected chi connectivity index (χ4v) is 2.84. The highest BCUT2D eigenvalue weighted by atomic mass is 32.2. The molecule has 0 aliphatic carbocycles. The lowest BCUT2D eigenvalue weighted by Gasteiger charge is -2.04. The van der Waals surface area contributed by atoms with Crippen LogP contribution in [0.25, 0.3) is 0 Å². The second-order valence-corrected chi connectivity index (χ2v) is 5.78. The lowest BCUT2D eigenvalue weighted by Crippen LogP contribution is -2.07. The standard InChI is InChI=1S/C10H11FN4S2/c1-15(2)9-13-14-10(17-9)16-8-4-3-6(12)5-7(8)11/h3-5H,12H2,1-2H3. The van der Waals surface area contributed by atoms with Crippen LogP contribution in [-0.2, 0) is 0 Å². The van der Waals surface area contributed by atoms with E-state index in [1.165, 1.54) is 29.2 Å². The van der Waals surface area contributed by atoms with E-state index in [0.717, 1.165) is 5.13 Å². The van der Waals surface area contributed by atoms with Crippen molar-refractivity contribution in [2.45, 2.75) is 9.24 Å². The molecule has 1 aromatic carbocycles. The maximum Gasteiger partial charge on any atom is 0.208 e. The summed E-state index contributed by atoms with van der Waals surface area (Å²) in [5.41, 5.74) is 5.90. The van der Waals surface area contributed by atoms with Crippen LogP contribution >= 0.6 is 23.1 Å². The Labute approximate surface area is 107 Å². The van der Waals surface area contributed by atoms with Crippen LogP contribution in [-0.4, -0.2) is 24.3 Å². The van der Waals surface area contributed by atoms with E-state index in [4.69, 9.17) is 5.73 Å². The Morgan fingerprint density at radius 1 is 1.35 bits per heavy atom. The first kappa shape index (κ1) is 12.1. The predicted molar refractivity (Wildman–Crippen MR) is 69.2 cm³/mol. The number of nitrogens with two attached hydrogens (primary N) is 1. The Hall–Kier alpha value is -1.34. The molecule has 2 rings (SSSR count). The Morgan fingerprint density at radius 2 is 2.12 bits per heavy atom. The lowest BCUT2D eigenvalue weighted by atomic mass is 10.3. The SMILES string of the molecule is CN(C)c1nnc(Sc2ccc(N)cc2F)s1. The molecule has 0 saturated heterocycles. The molecule has 0 radical (unpaired) electrons. The van der Waals surface area contributed by atoms with Crippen molar-refractivity contribution in [3.8, 4) is 0 Å². The number of benzene rings is 1. The number of anilines is 2. The van der Waals surface area contributed by atoms with Crippen LogP contribution in [0.4, 0.5) is 15.2 Å². The van der Waals surface area contributed by atoms with Crippen LogP contribution in [0.3, 0.4) is 0 Å². The van der Waals surface area contributed by atoms with Gasteiger partial charge in [0.1, 0.15) is 5.82 Å². The summed E-state index contributed by atoms with van der Waals surface area (Å²) in [6.45, 7) is 0. The first-order valence-corrected chi connectivity index (χ1v) is 6.43. The Balaban J connectivity index is 2.19. The zero-order valence-electron chi connectivity index (χ0n) is 9.35. The molecule has 0 unspecified atom stereocenters. The van der Waals surface area contributed by atoms with Crippen molar-refractivity contribution in [3.63, 3.8) is 0 Å². The van der Waals surface area contributed by atoms with E-state index in [0.29, 0.717) is 14.9 Å². The number of hydrogen-bond acceptors (Lipinski definition) is 6. The molecule has 0 atom stereocenters. The Kier molecular flexibility index (Phi) is 3.49. The molecule has 0 aliphatic rings. The Bertz CT molecular complexity index is 527. The summed E-state index contributed by atoms with van der Waals surface area (Å²) in [5.74, 6) is -0.336. The lowest BCUT2D eigenvalue weighted by molar-refractivity contribution is 0.602. The van der Waals surface area contributed by atoms with Crippen LogP contribution in [0.15, 0.2) is 27.4 Å². The van der Waals surface area contributed by atoms with Gasteiger partial charge in [0.05, 0.1) is 4.90 Å². The van der Waals surface area contributed by atoms with Crippen molar-refractivity contribution in [3.05, 3.63) is 24.0 Å². The smallest absolute Gasteiger partial charge is 0.208 e. The van der Waals surface area contributed by atoms with Crippen LogP contribution in [0.2, 0.25) is 0 Å². The number of aromatic nitrogens is 2. The van der Waals surface area contributed by atoms with Gasteiger partial charge in [-0.25, -0.2) is 4.39 Å². The van der Waals surface area contributed by atoms with E-state index in [1.807, 2.05) is 19.0 Å². The number of nitrogen functional groups attached to an aromatic ring is 1. The highest BCUT2D eigenvalue weighted by molar-refractivity contribution is 8.01. The first-order chi connectivity index (χ1) is 8.06. The van der Waals surface area contributed by atoms with Gasteiger partial charge in [0, 0.05) is 19.8 Å². The molecule has 17 heavy (non-hydrogen) atoms. The van der Waals surface area contributed by atoms with Gasteiger partial charge in [-0.15, -0.1) is 10.2 Å². The van der Waals surface area contributed by atoms with Gasteiger partial charge in [-0.1, -0.05) is 23.1 Å². The number of hydrogen-bond donors (Lipinski definition) is 1. The first-order valence-electron chi connectivity index (χ1n) is 4.80. The minimum Gasteiger partial charge on any atom is -0.399 e. The van der Waals surface area contributed by atoms with E-state index < -0.39 is 0 Å². The second kappa shape index (κ2) is 4.89. The van der Waals surface area contributed by atoms with Crippen molar-refractivity contribution in [1.29, 1.82) is 0 Å². The molecule has 2 aromatic rings. The highest BCUT2D eigenvalue weighted by Crippen LogP contribution is 2.34. The fraction of sp³-hybridized carbons (Fsp3) is 0.200. The van der Waals surface area contributed by atoms with Gasteiger partial charge >= 0.3 is 0 Å². The zero-order chi connectivity index (χ0) is 12.4. The van der Waals surface area contributed by atoms with Crippen molar-refractivity contribution < 1.29 is 4.39 Å². The molecular formula is C10H11FN4S2. The van der Waals surface area contributed by atoms with Gasteiger partial charge in [-0.2, -0.15) is 0 Å². The van der Waals surface area contributed by atoms with E-state index in [9.17, 15) is 4.39 Å². The molecular weight excluding hydrogens is 259 g/mol. The highest BCUT2D eigenvalue weighted by Gasteiger charge is 2.10. The molecule has 0 fully saturated rings. The van der Waals surface area contributed by atoms with Gasteiger partial charge in [0.15, 0.2) is 4.34 Å². The molecule has 0 bridgehead atoms. The Morgan fingerprint density at radius 3 is 2.71 bits per heavy atom. The van der Waals surface area contributed by atoms with Gasteiger partial charge in [0.25, 0.3) is 0 Å². The van der Waals surface area contributed by atoms with Crippen LogP contribution in [0.1, 0.15) is 0 Å². The summed E-state index contributed by atoms with van der Waals surface area (Å²) in [6.07, 6.45) is 0. The third-order valence-corrected chi connectivity index (χ3v) is 4.12. The fourth-order valence-electron chi connectivity index (χ4n) is 1.12. The van der Waals surface area contributed by atoms with E-state index >= 15 is 0 Å². The molecule has 0 aliphatic heterocycles. The third-order valence-electron chi connectivity index (χ3n) is 1.93. The summed E-state index contributed by atoms with van der Waals surface area (Å²) >= 11 is 2.67. The third kappa shape index (κ3) is 2.86. The molecule has 0 amide bonds. The monoisotopic (exact) mass is 270 g/mol. The topological polar surface area (TPSA) is 55.0 Å². The molecule has 1 aromatic heterocycles. The molecule has 7 heteroatoms. The minimum absolute atomic E-state index is 0.336. The summed E-state index contributed by atoms with van der Waals surface area (Å²) < 4.78 is 14.3. The summed E-state index contributed by atoms with van der Waals surface area (Å²) in [6, 6.07) is 4.61. The minimum atomic E-state index is -0.336. The molecule has 2 N–H and O–H groups in total. The van der Waals surface area contributed by atoms with E-state index in [1.54, 1.807) is 12.1 Å². The van der Waals surface area contributed by atoms with Crippen LogP contribution < -0.4 is 10.6 Å². The quantitative estimate of drug-likeness (QED) is 0.868. The molecule has 90 valence electrons. The second-order valence-electron chi connectivity index (χ2n) is 3.54. The average Bonchev–Trinajstić information content (AvgIpc) is 2.71. The van der Waals surface area contributed by atoms with Gasteiger partial charge in [-0.3, -0.25) is 0 Å². The summed E-state index contributed by atoms with van der Waals surface area (Å²) in [7, 11) is 3.78. The number of rotatable bonds is 3. The summed E-state index contributed by atoms with van der Waals surface area (Å²) in [5, 5.41) is 8.77. The molecule has 0 spiro atoms. The summed E-state index contributed by atoms with van der Waals surface area (Å²) in [4.78, 5) is 2.36. The molecule has 0 saturated carbocycles. The van der Waals surface area contributed by atoms with E-state index in [2.05, 4.69) is 10.2 Å². The molecule has 1 heterocycles. The van der Waals surface area contributed by atoms with Crippen molar-refractivity contribution >= 4 is 33.9 Å². The maximum absolute atomic E-state index is 13.5. The number of halogens is 1. The van der Waals surface area contributed by atoms with Crippen molar-refractivity contribution in [1.82, 2.24) is 10.2 Å². The molecule has 4 nitrogen and oxygen atoms in total. The van der Waals surface area contributed by atoms with Crippen LogP contribution in [0, 0.1) is 5.82 Å². The van der Waals surface area contributed by atoms with E-state index in [-0.39, 0.29) is 5.82 Å². The van der Waals surface area contributed by atoms with Crippen molar-refractivity contribution in [2.75, 3.05) is 24.7 Å². The normalized spacial score (nSPS) is 10.5. The van der Waals surface area contributed by atoms with Gasteiger partial charge < -0.3 is 10.6 Å². The van der Waals surface area contributed by atoms with Gasteiger partial charge in [0.2, 0.25) is 5.13 Å². The number of nitrogens with zero attached hydrogens (tertiary/aromatic N) is 3. The largest absolute Gasteiger partial charge is 0.399 e. The van der Waals surface area contributed by atoms with Crippen molar-refractivity contribution in [2.24, 2.45) is 0 Å². The zero-order valence-corrected chi connectivity index (χ0v) is 11.0. The average molecular weight is 270 g/mol. The van der Waals surface area contributed by atoms with Crippen LogP contribution in [0.5, 0.6) is 0 Å². The van der Waals surface area contributed by atoms with Gasteiger partial charge in [-0.05, 0) is 18.2 Å². The maximum atomic E-state index is 13.5. The predicted octanol–water partition coefficient (Wildman–Crippen LogP) is 2.48.